The second-order valence-electron chi connectivity index (χ2n) is 7.16. The Morgan fingerprint density at radius 2 is 1.96 bits per heavy atom. The molecule has 2 aliphatic rings. The molecule has 1 saturated heterocycles. The number of H-pyrrole nitrogens is 1. The summed E-state index contributed by atoms with van der Waals surface area (Å²) in [5.41, 5.74) is 8.19. The molecule has 140 valence electrons. The van der Waals surface area contributed by atoms with Crippen LogP contribution in [0.4, 0.5) is 14.6 Å². The maximum atomic E-state index is 14.7. The molecule has 7 nitrogen and oxygen atoms in total. The van der Waals surface area contributed by atoms with Crippen molar-refractivity contribution in [3.05, 3.63) is 36.4 Å². The van der Waals surface area contributed by atoms with Gasteiger partial charge in [0.15, 0.2) is 5.65 Å². The molecule has 0 bridgehead atoms. The van der Waals surface area contributed by atoms with E-state index in [1.54, 1.807) is 12.1 Å². The van der Waals surface area contributed by atoms with E-state index in [0.29, 0.717) is 41.3 Å². The number of fused-ring (bicyclic) bond motifs is 2. The van der Waals surface area contributed by atoms with Crippen molar-refractivity contribution >= 4 is 16.9 Å². The van der Waals surface area contributed by atoms with Crippen LogP contribution in [0, 0.1) is 11.7 Å². The van der Waals surface area contributed by atoms with Crippen LogP contribution >= 0.6 is 0 Å². The van der Waals surface area contributed by atoms with Crippen molar-refractivity contribution in [3.8, 4) is 11.3 Å². The van der Waals surface area contributed by atoms with Gasteiger partial charge >= 0.3 is 0 Å². The molecular formula is C18H19F2N7. The zero-order chi connectivity index (χ0) is 18.4. The van der Waals surface area contributed by atoms with Crippen LogP contribution in [-0.2, 0) is 0 Å². The van der Waals surface area contributed by atoms with Gasteiger partial charge in [-0.2, -0.15) is 5.10 Å². The maximum absolute atomic E-state index is 14.7. The normalized spacial score (nSPS) is 27.6. The number of aromatic nitrogens is 4. The fraction of sp³-hybridized carbons (Fsp3) is 0.389. The molecule has 1 aromatic carbocycles. The summed E-state index contributed by atoms with van der Waals surface area (Å²) in [5.74, 6) is 0.610. The fourth-order valence-electron chi connectivity index (χ4n) is 4.08. The molecule has 1 aliphatic carbocycles. The van der Waals surface area contributed by atoms with E-state index in [1.165, 1.54) is 18.5 Å². The van der Waals surface area contributed by atoms with E-state index < -0.39 is 6.17 Å². The lowest BCUT2D eigenvalue weighted by Crippen LogP contribution is -2.46. The first kappa shape index (κ1) is 16.5. The Bertz CT molecular complexity index is 958. The maximum Gasteiger partial charge on any atom is 0.186 e. The number of nitrogens with one attached hydrogen (secondary N) is 4. The van der Waals surface area contributed by atoms with Crippen molar-refractivity contribution in [3.63, 3.8) is 0 Å². The smallest absolute Gasteiger partial charge is 0.186 e. The summed E-state index contributed by atoms with van der Waals surface area (Å²) in [6, 6.07) is 5.94. The zero-order valence-corrected chi connectivity index (χ0v) is 14.4. The van der Waals surface area contributed by atoms with Gasteiger partial charge in [0, 0.05) is 18.2 Å². The molecule has 5 rings (SSSR count). The SMILES string of the molecule is Fc1ccc(-c2[nH]nc3ncnc(NC4CC5CNNC5CC4F)c23)cc1. The van der Waals surface area contributed by atoms with E-state index in [2.05, 4.69) is 36.3 Å². The lowest BCUT2D eigenvalue weighted by molar-refractivity contribution is 0.175. The number of hydrogen-bond acceptors (Lipinski definition) is 6. The van der Waals surface area contributed by atoms with Crippen LogP contribution < -0.4 is 16.2 Å². The summed E-state index contributed by atoms with van der Waals surface area (Å²) in [7, 11) is 0. The predicted molar refractivity (Wildman–Crippen MR) is 97.0 cm³/mol. The van der Waals surface area contributed by atoms with Crippen molar-refractivity contribution in [2.24, 2.45) is 5.92 Å². The van der Waals surface area contributed by atoms with Gasteiger partial charge in [0.05, 0.1) is 17.1 Å². The molecule has 1 saturated carbocycles. The number of rotatable bonds is 3. The molecule has 4 atom stereocenters. The quantitative estimate of drug-likeness (QED) is 0.564. The largest absolute Gasteiger partial charge is 0.364 e. The van der Waals surface area contributed by atoms with E-state index >= 15 is 0 Å². The van der Waals surface area contributed by atoms with Crippen LogP contribution in [0.5, 0.6) is 0 Å². The van der Waals surface area contributed by atoms with Crippen LogP contribution in [0.2, 0.25) is 0 Å². The molecule has 1 aliphatic heterocycles. The first-order valence-electron chi connectivity index (χ1n) is 9.03. The van der Waals surface area contributed by atoms with Crippen molar-refractivity contribution in [1.82, 2.24) is 31.0 Å². The molecule has 0 amide bonds. The van der Waals surface area contributed by atoms with Gasteiger partial charge in [0.2, 0.25) is 0 Å². The molecule has 27 heavy (non-hydrogen) atoms. The van der Waals surface area contributed by atoms with Crippen molar-refractivity contribution in [2.45, 2.75) is 31.1 Å². The van der Waals surface area contributed by atoms with Crippen molar-refractivity contribution < 1.29 is 8.78 Å². The highest BCUT2D eigenvalue weighted by molar-refractivity contribution is 5.98. The van der Waals surface area contributed by atoms with Crippen LogP contribution in [0.1, 0.15) is 12.8 Å². The molecule has 3 aromatic rings. The lowest BCUT2D eigenvalue weighted by Gasteiger charge is -2.34. The predicted octanol–water partition coefficient (Wildman–Crippen LogP) is 2.16. The zero-order valence-electron chi connectivity index (χ0n) is 14.4. The standard InChI is InChI=1S/C18H19F2N7/c19-11-3-1-9(2-4-11)16-15-17(21-8-22-18(15)27-26-16)24-14-5-10-7-23-25-13(10)6-12(14)20/h1-4,8,10,12-14,23,25H,5-7H2,(H2,21,22,24,26,27). The highest BCUT2D eigenvalue weighted by Gasteiger charge is 2.40. The number of alkyl halides is 1. The second-order valence-corrected chi connectivity index (χ2v) is 7.16. The van der Waals surface area contributed by atoms with E-state index in [9.17, 15) is 8.78 Å². The molecular weight excluding hydrogens is 352 g/mol. The Hall–Kier alpha value is -2.65. The van der Waals surface area contributed by atoms with E-state index in [0.717, 1.165) is 12.1 Å². The topological polar surface area (TPSA) is 90.5 Å². The van der Waals surface area contributed by atoms with E-state index in [1.807, 2.05) is 0 Å². The Labute approximate surface area is 154 Å². The van der Waals surface area contributed by atoms with Gasteiger partial charge in [-0.1, -0.05) is 0 Å². The summed E-state index contributed by atoms with van der Waals surface area (Å²) < 4.78 is 28.0. The molecule has 4 unspecified atom stereocenters. The van der Waals surface area contributed by atoms with Crippen molar-refractivity contribution in [2.75, 3.05) is 11.9 Å². The summed E-state index contributed by atoms with van der Waals surface area (Å²) in [5, 5.41) is 11.1. The van der Waals surface area contributed by atoms with Crippen LogP contribution in [0.3, 0.4) is 0 Å². The molecule has 9 heteroatoms. The molecule has 2 fully saturated rings. The second kappa shape index (κ2) is 6.50. The Balaban J connectivity index is 1.50. The molecule has 0 spiro atoms. The van der Waals surface area contributed by atoms with Gasteiger partial charge in [0.1, 0.15) is 24.1 Å². The number of nitrogens with zero attached hydrogens (tertiary/aromatic N) is 3. The fourth-order valence-corrected chi connectivity index (χ4v) is 4.08. The summed E-state index contributed by atoms with van der Waals surface area (Å²) in [6.45, 7) is 0.835. The number of aromatic amines is 1. The highest BCUT2D eigenvalue weighted by atomic mass is 19.1. The monoisotopic (exact) mass is 371 g/mol. The summed E-state index contributed by atoms with van der Waals surface area (Å²) >= 11 is 0. The highest BCUT2D eigenvalue weighted by Crippen LogP contribution is 2.34. The minimum absolute atomic E-state index is 0.173. The molecule has 0 radical (unpaired) electrons. The summed E-state index contributed by atoms with van der Waals surface area (Å²) in [6.07, 6.45) is 1.60. The van der Waals surface area contributed by atoms with Crippen LogP contribution in [-0.4, -0.2) is 45.0 Å². The van der Waals surface area contributed by atoms with Gasteiger partial charge in [-0.3, -0.25) is 16.0 Å². The Morgan fingerprint density at radius 1 is 1.11 bits per heavy atom. The third kappa shape index (κ3) is 2.92. The number of benzene rings is 1. The number of anilines is 1. The summed E-state index contributed by atoms with van der Waals surface area (Å²) in [4.78, 5) is 8.53. The number of hydrogen-bond donors (Lipinski definition) is 4. The van der Waals surface area contributed by atoms with Gasteiger partial charge in [-0.05, 0) is 43.0 Å². The number of halogens is 2. The molecule has 2 aromatic heterocycles. The lowest BCUT2D eigenvalue weighted by atomic mass is 9.81. The van der Waals surface area contributed by atoms with Gasteiger partial charge in [0.25, 0.3) is 0 Å². The average molecular weight is 371 g/mol. The van der Waals surface area contributed by atoms with Gasteiger partial charge in [-0.15, -0.1) is 0 Å². The van der Waals surface area contributed by atoms with E-state index in [-0.39, 0.29) is 17.9 Å². The average Bonchev–Trinajstić information content (AvgIpc) is 3.30. The molecule has 4 N–H and O–H groups in total. The number of hydrazine groups is 1. The minimum Gasteiger partial charge on any atom is -0.364 e. The van der Waals surface area contributed by atoms with Crippen LogP contribution in [0.25, 0.3) is 22.3 Å². The van der Waals surface area contributed by atoms with Crippen molar-refractivity contribution in [1.29, 1.82) is 0 Å². The first-order chi connectivity index (χ1) is 13.2. The third-order valence-corrected chi connectivity index (χ3v) is 5.50. The Morgan fingerprint density at radius 3 is 2.81 bits per heavy atom. The minimum atomic E-state index is -0.982. The first-order valence-corrected chi connectivity index (χ1v) is 9.03. The Kier molecular flexibility index (Phi) is 3.98. The van der Waals surface area contributed by atoms with Gasteiger partial charge in [-0.25, -0.2) is 18.7 Å². The van der Waals surface area contributed by atoms with E-state index in [4.69, 9.17) is 0 Å². The third-order valence-electron chi connectivity index (χ3n) is 5.50. The van der Waals surface area contributed by atoms with Crippen LogP contribution in [0.15, 0.2) is 30.6 Å². The molecule has 3 heterocycles. The van der Waals surface area contributed by atoms with Gasteiger partial charge < -0.3 is 5.32 Å².